The lowest BCUT2D eigenvalue weighted by atomic mass is 9.71. The highest BCUT2D eigenvalue weighted by molar-refractivity contribution is 8.00. The van der Waals surface area contributed by atoms with Gasteiger partial charge in [0.25, 0.3) is 0 Å². The first-order valence-corrected chi connectivity index (χ1v) is 12.6. The number of pyridine rings is 1. The number of carbonyl (C=O) groups excluding carboxylic acids is 1. The molecule has 0 fully saturated rings. The molecule has 4 rings (SSSR count). The molecule has 6 heteroatoms. The van der Waals surface area contributed by atoms with Crippen molar-refractivity contribution in [1.29, 1.82) is 5.26 Å². The van der Waals surface area contributed by atoms with Gasteiger partial charge in [-0.05, 0) is 71.9 Å². The zero-order valence-corrected chi connectivity index (χ0v) is 20.1. The lowest BCUT2D eigenvalue weighted by Gasteiger charge is -2.35. The number of hydrogen-bond acceptors (Lipinski definition) is 5. The number of ketones is 1. The molecule has 1 aromatic carbocycles. The smallest absolute Gasteiger partial charge is 0.173 e. The zero-order chi connectivity index (χ0) is 22.9. The summed E-state index contributed by atoms with van der Waals surface area (Å²) in [6.07, 6.45) is 2.87. The van der Waals surface area contributed by atoms with E-state index in [4.69, 9.17) is 4.98 Å². The van der Waals surface area contributed by atoms with Crippen LogP contribution in [-0.2, 0) is 12.8 Å². The van der Waals surface area contributed by atoms with Gasteiger partial charge in [0, 0.05) is 21.7 Å². The van der Waals surface area contributed by atoms with Crippen molar-refractivity contribution < 1.29 is 9.18 Å². The summed E-state index contributed by atoms with van der Waals surface area (Å²) in [6.45, 7) is 6.80. The Kier molecular flexibility index (Phi) is 6.50. The summed E-state index contributed by atoms with van der Waals surface area (Å²) < 4.78 is 13.2. The van der Waals surface area contributed by atoms with Gasteiger partial charge in [-0.1, -0.05) is 38.6 Å². The fraction of sp³-hybridized carbons (Fsp3) is 0.346. The molecule has 0 N–H and O–H groups in total. The van der Waals surface area contributed by atoms with Crippen molar-refractivity contribution in [2.45, 2.75) is 45.1 Å². The SMILES string of the molecule is CC(C)(C)[C@H]1CCc2c(nc(SCC(=O)c3ccc(F)cc3)c(C#N)c2-c2cccs2)C1. The minimum Gasteiger partial charge on any atom is -0.293 e. The number of hydrogen-bond donors (Lipinski definition) is 0. The van der Waals surface area contributed by atoms with Crippen LogP contribution in [0.25, 0.3) is 10.4 Å². The van der Waals surface area contributed by atoms with Crippen molar-refractivity contribution in [3.8, 4) is 16.5 Å². The Morgan fingerprint density at radius 1 is 1.28 bits per heavy atom. The highest BCUT2D eigenvalue weighted by Crippen LogP contribution is 2.43. The molecule has 0 spiro atoms. The Bertz CT molecular complexity index is 1170. The third-order valence-corrected chi connectivity index (χ3v) is 8.01. The maximum atomic E-state index is 13.2. The Morgan fingerprint density at radius 2 is 2.03 bits per heavy atom. The number of Topliss-reactive ketones (excluding diaryl/α,β-unsaturated/α-hetero) is 1. The Labute approximate surface area is 196 Å². The van der Waals surface area contributed by atoms with Crippen molar-refractivity contribution >= 4 is 28.9 Å². The molecule has 2 aromatic heterocycles. The van der Waals surface area contributed by atoms with Gasteiger partial charge >= 0.3 is 0 Å². The van der Waals surface area contributed by atoms with Gasteiger partial charge in [0.2, 0.25) is 0 Å². The number of nitriles is 1. The van der Waals surface area contributed by atoms with Gasteiger partial charge in [-0.15, -0.1) is 11.3 Å². The molecule has 3 nitrogen and oxygen atoms in total. The Hall–Kier alpha value is -2.49. The summed E-state index contributed by atoms with van der Waals surface area (Å²) in [7, 11) is 0. The molecule has 0 saturated carbocycles. The van der Waals surface area contributed by atoms with E-state index in [-0.39, 0.29) is 22.8 Å². The lowest BCUT2D eigenvalue weighted by Crippen LogP contribution is -2.28. The van der Waals surface area contributed by atoms with Crippen molar-refractivity contribution in [2.75, 3.05) is 5.75 Å². The average Bonchev–Trinajstić information content (AvgIpc) is 3.30. The standard InChI is InChI=1S/C26H25FN2OS2/c1-26(2,3)17-8-11-19-21(13-17)29-25(20(14-28)24(19)23-5-4-12-31-23)32-15-22(30)16-6-9-18(27)10-7-16/h4-7,9-10,12,17H,8,11,13,15H2,1-3H3/t17-/m0/s1. The molecule has 164 valence electrons. The van der Waals surface area contributed by atoms with E-state index in [1.54, 1.807) is 11.3 Å². The van der Waals surface area contributed by atoms with Gasteiger partial charge in [-0.25, -0.2) is 9.37 Å². The van der Waals surface area contributed by atoms with E-state index in [2.05, 4.69) is 32.9 Å². The molecule has 0 aliphatic heterocycles. The van der Waals surface area contributed by atoms with Crippen LogP contribution in [0.4, 0.5) is 4.39 Å². The van der Waals surface area contributed by atoms with Gasteiger partial charge in [-0.3, -0.25) is 4.79 Å². The van der Waals surface area contributed by atoms with Crippen LogP contribution in [0.1, 0.15) is 54.4 Å². The summed E-state index contributed by atoms with van der Waals surface area (Å²) in [5, 5.41) is 12.7. The number of fused-ring (bicyclic) bond motifs is 1. The van der Waals surface area contributed by atoms with E-state index in [0.29, 0.717) is 22.1 Å². The van der Waals surface area contributed by atoms with Crippen LogP contribution < -0.4 is 0 Å². The normalized spacial score (nSPS) is 15.8. The minimum absolute atomic E-state index is 0.108. The molecule has 0 radical (unpaired) electrons. The predicted molar refractivity (Wildman–Crippen MR) is 129 cm³/mol. The van der Waals surface area contributed by atoms with E-state index in [0.717, 1.165) is 35.4 Å². The number of halogens is 1. The second-order valence-corrected chi connectivity index (χ2v) is 11.1. The van der Waals surface area contributed by atoms with Crippen molar-refractivity contribution in [1.82, 2.24) is 4.98 Å². The number of thioether (sulfide) groups is 1. The molecule has 1 atom stereocenters. The highest BCUT2D eigenvalue weighted by atomic mass is 32.2. The van der Waals surface area contributed by atoms with Crippen LogP contribution in [0.2, 0.25) is 0 Å². The first kappa shape index (κ1) is 22.7. The van der Waals surface area contributed by atoms with Crippen molar-refractivity contribution in [3.63, 3.8) is 0 Å². The fourth-order valence-electron chi connectivity index (χ4n) is 4.23. The lowest BCUT2D eigenvalue weighted by molar-refractivity contribution is 0.102. The van der Waals surface area contributed by atoms with E-state index in [9.17, 15) is 14.4 Å². The van der Waals surface area contributed by atoms with Gasteiger partial charge < -0.3 is 0 Å². The van der Waals surface area contributed by atoms with Gasteiger partial charge in [0.1, 0.15) is 16.9 Å². The molecule has 1 aliphatic carbocycles. The number of carbonyl (C=O) groups is 1. The van der Waals surface area contributed by atoms with Crippen LogP contribution in [0, 0.1) is 28.5 Å². The fourth-order valence-corrected chi connectivity index (χ4v) is 5.94. The van der Waals surface area contributed by atoms with Gasteiger partial charge in [0.05, 0.1) is 11.3 Å². The molecule has 1 aliphatic rings. The van der Waals surface area contributed by atoms with Crippen molar-refractivity contribution in [2.24, 2.45) is 11.3 Å². The molecule has 32 heavy (non-hydrogen) atoms. The second-order valence-electron chi connectivity index (χ2n) is 9.21. The number of benzene rings is 1. The van der Waals surface area contributed by atoms with E-state index < -0.39 is 0 Å². The maximum Gasteiger partial charge on any atom is 0.173 e. The minimum atomic E-state index is -0.369. The first-order valence-electron chi connectivity index (χ1n) is 10.7. The molecule has 0 unspecified atom stereocenters. The third kappa shape index (κ3) is 4.65. The van der Waals surface area contributed by atoms with Gasteiger partial charge in [0.15, 0.2) is 5.78 Å². The average molecular weight is 465 g/mol. The number of nitrogens with zero attached hydrogens (tertiary/aromatic N) is 2. The molecule has 0 bridgehead atoms. The van der Waals surface area contributed by atoms with Gasteiger partial charge in [-0.2, -0.15) is 5.26 Å². The van der Waals surface area contributed by atoms with Crippen LogP contribution in [0.15, 0.2) is 46.8 Å². The summed E-state index contributed by atoms with van der Waals surface area (Å²) in [5.41, 5.74) is 4.41. The van der Waals surface area contributed by atoms with Crippen LogP contribution in [-0.4, -0.2) is 16.5 Å². The number of thiophene rings is 1. The van der Waals surface area contributed by atoms with Crippen LogP contribution in [0.3, 0.4) is 0 Å². The monoisotopic (exact) mass is 464 g/mol. The molecular formula is C26H25FN2OS2. The maximum absolute atomic E-state index is 13.2. The zero-order valence-electron chi connectivity index (χ0n) is 18.4. The number of aromatic nitrogens is 1. The second kappa shape index (κ2) is 9.17. The molecule has 0 saturated heterocycles. The summed E-state index contributed by atoms with van der Waals surface area (Å²) >= 11 is 2.92. The molecular weight excluding hydrogens is 439 g/mol. The molecule has 2 heterocycles. The summed E-state index contributed by atoms with van der Waals surface area (Å²) in [4.78, 5) is 18.7. The Morgan fingerprint density at radius 3 is 2.66 bits per heavy atom. The van der Waals surface area contributed by atoms with E-state index in [1.807, 2.05) is 11.4 Å². The Balaban J connectivity index is 1.72. The van der Waals surface area contributed by atoms with Crippen molar-refractivity contribution in [3.05, 3.63) is 70.0 Å². The number of rotatable bonds is 5. The topological polar surface area (TPSA) is 53.8 Å². The third-order valence-electron chi connectivity index (χ3n) is 6.14. The highest BCUT2D eigenvalue weighted by Gasteiger charge is 2.32. The quantitative estimate of drug-likeness (QED) is 0.303. The molecule has 0 amide bonds. The van der Waals surface area contributed by atoms with E-state index >= 15 is 0 Å². The summed E-state index contributed by atoms with van der Waals surface area (Å²) in [6, 6.07) is 12.0. The summed E-state index contributed by atoms with van der Waals surface area (Å²) in [5.74, 6) is 0.193. The van der Waals surface area contributed by atoms with Crippen LogP contribution >= 0.6 is 23.1 Å². The molecule has 3 aromatic rings. The first-order chi connectivity index (χ1) is 15.3. The largest absolute Gasteiger partial charge is 0.293 e. The van der Waals surface area contributed by atoms with E-state index in [1.165, 1.54) is 41.6 Å². The predicted octanol–water partition coefficient (Wildman–Crippen LogP) is 6.95. The van der Waals surface area contributed by atoms with Crippen LogP contribution in [0.5, 0.6) is 0 Å².